The Hall–Kier alpha value is -1.46. The van der Waals surface area contributed by atoms with Gasteiger partial charge in [-0.1, -0.05) is 16.9 Å². The highest BCUT2D eigenvalue weighted by molar-refractivity contribution is 8.00. The zero-order valence-electron chi connectivity index (χ0n) is 15.1. The monoisotopic (exact) mass is 401 g/mol. The number of β-lactam (4-membered cyclic amide) rings is 1. The minimum Gasteiger partial charge on any atom is -0.479 e. The molecule has 1 aromatic heterocycles. The Labute approximate surface area is 160 Å². The number of amides is 1. The minimum atomic E-state index is -0.878. The van der Waals surface area contributed by atoms with Gasteiger partial charge in [-0.2, -0.15) is 0 Å². The number of rotatable bonds is 4. The van der Waals surface area contributed by atoms with Crippen molar-refractivity contribution < 1.29 is 19.4 Å². The SMILES string of the molecule is Cn1c(O)nnc1SCC1(C(=O)OC(C)(C)C)CS[C@@H]2C(N)C(=O)N2C1. The lowest BCUT2D eigenvalue weighted by Gasteiger charge is -2.53. The molecule has 3 N–H and O–H groups in total. The molecule has 0 aliphatic carbocycles. The second-order valence-electron chi connectivity index (χ2n) is 7.61. The smallest absolute Gasteiger partial charge is 0.316 e. The number of hydrogen-bond acceptors (Lipinski definition) is 9. The van der Waals surface area contributed by atoms with Gasteiger partial charge in [0.1, 0.15) is 22.4 Å². The molecule has 0 bridgehead atoms. The predicted molar refractivity (Wildman–Crippen MR) is 97.6 cm³/mol. The van der Waals surface area contributed by atoms with Crippen LogP contribution in [0.1, 0.15) is 20.8 Å². The molecule has 11 heteroatoms. The Bertz CT molecular complexity index is 734. The van der Waals surface area contributed by atoms with Crippen molar-refractivity contribution in [2.75, 3.05) is 18.1 Å². The molecule has 2 saturated heterocycles. The summed E-state index contributed by atoms with van der Waals surface area (Å²) in [5, 5.41) is 17.5. The van der Waals surface area contributed by atoms with Crippen LogP contribution >= 0.6 is 23.5 Å². The van der Waals surface area contributed by atoms with E-state index in [4.69, 9.17) is 10.5 Å². The fraction of sp³-hybridized carbons (Fsp3) is 0.733. The fourth-order valence-electron chi connectivity index (χ4n) is 2.82. The van der Waals surface area contributed by atoms with Crippen molar-refractivity contribution in [3.63, 3.8) is 0 Å². The number of aromatic nitrogens is 3. The molecule has 26 heavy (non-hydrogen) atoms. The van der Waals surface area contributed by atoms with Gasteiger partial charge in [-0.05, 0) is 20.8 Å². The topological polar surface area (TPSA) is 124 Å². The molecule has 3 heterocycles. The molecule has 0 radical (unpaired) electrons. The van der Waals surface area contributed by atoms with Crippen molar-refractivity contribution in [3.05, 3.63) is 0 Å². The molecule has 144 valence electrons. The summed E-state index contributed by atoms with van der Waals surface area (Å²) in [6.07, 6.45) is 0. The number of hydrogen-bond donors (Lipinski definition) is 2. The Morgan fingerprint density at radius 2 is 2.19 bits per heavy atom. The maximum atomic E-state index is 13.0. The van der Waals surface area contributed by atoms with Crippen LogP contribution in [0.5, 0.6) is 6.01 Å². The number of carbonyl (C=O) groups is 2. The molecular formula is C15H23N5O4S2. The maximum absolute atomic E-state index is 13.0. The van der Waals surface area contributed by atoms with Crippen LogP contribution in [0.3, 0.4) is 0 Å². The first kappa shape index (κ1) is 19.3. The van der Waals surface area contributed by atoms with Crippen molar-refractivity contribution >= 4 is 35.4 Å². The van der Waals surface area contributed by atoms with Gasteiger partial charge >= 0.3 is 12.0 Å². The van der Waals surface area contributed by atoms with Crippen LogP contribution in [0, 0.1) is 5.41 Å². The first-order valence-electron chi connectivity index (χ1n) is 8.16. The van der Waals surface area contributed by atoms with E-state index in [1.807, 2.05) is 20.8 Å². The number of thioether (sulfide) groups is 2. The second kappa shape index (κ2) is 6.61. The lowest BCUT2D eigenvalue weighted by atomic mass is 9.89. The highest BCUT2D eigenvalue weighted by Gasteiger charge is 2.56. The third-order valence-electron chi connectivity index (χ3n) is 4.31. The standard InChI is InChI=1S/C15H23N5O4S2/c1-14(2,3)24-11(22)15(7-26-13-18-17-12(23)19(13)4)5-20-9(21)8(16)10(20)25-6-15/h8,10H,5-7,16H2,1-4H3,(H,17,23)/t8?,10-,15?/m1/s1. The Morgan fingerprint density at radius 3 is 2.77 bits per heavy atom. The Balaban J connectivity index is 1.81. The second-order valence-corrected chi connectivity index (χ2v) is 9.65. The van der Waals surface area contributed by atoms with E-state index >= 15 is 0 Å². The lowest BCUT2D eigenvalue weighted by molar-refractivity contribution is -0.169. The van der Waals surface area contributed by atoms with Gasteiger partial charge in [-0.15, -0.1) is 16.9 Å². The van der Waals surface area contributed by atoms with Gasteiger partial charge in [0.2, 0.25) is 5.91 Å². The number of fused-ring (bicyclic) bond motifs is 1. The Morgan fingerprint density at radius 1 is 1.50 bits per heavy atom. The van der Waals surface area contributed by atoms with E-state index < -0.39 is 17.1 Å². The van der Waals surface area contributed by atoms with E-state index in [9.17, 15) is 14.7 Å². The highest BCUT2D eigenvalue weighted by Crippen LogP contribution is 2.44. The van der Waals surface area contributed by atoms with Crippen LogP contribution in [0.2, 0.25) is 0 Å². The molecule has 0 aromatic carbocycles. The largest absolute Gasteiger partial charge is 0.479 e. The molecule has 2 unspecified atom stereocenters. The summed E-state index contributed by atoms with van der Waals surface area (Å²) >= 11 is 2.81. The molecule has 9 nitrogen and oxygen atoms in total. The number of ether oxygens (including phenoxy) is 1. The van der Waals surface area contributed by atoms with Gasteiger partial charge in [-0.3, -0.25) is 14.2 Å². The zero-order chi connectivity index (χ0) is 19.3. The molecule has 2 fully saturated rings. The summed E-state index contributed by atoms with van der Waals surface area (Å²) in [7, 11) is 1.64. The fourth-order valence-corrected chi connectivity index (χ4v) is 5.52. The van der Waals surface area contributed by atoms with Crippen molar-refractivity contribution in [3.8, 4) is 6.01 Å². The quantitative estimate of drug-likeness (QED) is 0.413. The van der Waals surface area contributed by atoms with Gasteiger partial charge < -0.3 is 20.5 Å². The van der Waals surface area contributed by atoms with Crippen LogP contribution in [0.15, 0.2) is 5.16 Å². The van der Waals surface area contributed by atoms with Crippen LogP contribution in [0.25, 0.3) is 0 Å². The van der Waals surface area contributed by atoms with E-state index in [0.717, 1.165) is 0 Å². The van der Waals surface area contributed by atoms with E-state index in [-0.39, 0.29) is 29.8 Å². The summed E-state index contributed by atoms with van der Waals surface area (Å²) < 4.78 is 7.09. The van der Waals surface area contributed by atoms with Gasteiger partial charge in [0, 0.05) is 25.1 Å². The van der Waals surface area contributed by atoms with Crippen LogP contribution in [-0.2, 0) is 21.4 Å². The number of carbonyl (C=O) groups excluding carboxylic acids is 2. The number of esters is 1. The molecule has 3 atom stereocenters. The Kier molecular flexibility index (Phi) is 4.91. The van der Waals surface area contributed by atoms with Crippen molar-refractivity contribution in [2.24, 2.45) is 18.2 Å². The summed E-state index contributed by atoms with van der Waals surface area (Å²) in [6.45, 7) is 5.71. The average molecular weight is 402 g/mol. The maximum Gasteiger partial charge on any atom is 0.316 e. The molecule has 2 aliphatic heterocycles. The first-order valence-corrected chi connectivity index (χ1v) is 10.2. The third-order valence-corrected chi connectivity index (χ3v) is 7.23. The van der Waals surface area contributed by atoms with Crippen LogP contribution in [-0.4, -0.2) is 71.7 Å². The van der Waals surface area contributed by atoms with E-state index in [2.05, 4.69) is 10.2 Å². The molecular weight excluding hydrogens is 378 g/mol. The normalized spacial score (nSPS) is 28.5. The van der Waals surface area contributed by atoms with Crippen LogP contribution in [0.4, 0.5) is 0 Å². The number of nitrogens with two attached hydrogens (primary N) is 1. The predicted octanol–water partition coefficient (Wildman–Crippen LogP) is 0.183. The van der Waals surface area contributed by atoms with Crippen LogP contribution < -0.4 is 5.73 Å². The molecule has 3 rings (SSSR count). The first-order chi connectivity index (χ1) is 12.0. The summed E-state index contributed by atoms with van der Waals surface area (Å²) in [4.78, 5) is 26.7. The van der Waals surface area contributed by atoms with E-state index in [1.165, 1.54) is 28.1 Å². The van der Waals surface area contributed by atoms with E-state index in [0.29, 0.717) is 16.7 Å². The highest BCUT2D eigenvalue weighted by atomic mass is 32.2. The molecule has 0 saturated carbocycles. The van der Waals surface area contributed by atoms with E-state index in [1.54, 1.807) is 11.9 Å². The van der Waals surface area contributed by atoms with Crippen molar-refractivity contribution in [2.45, 2.75) is 42.9 Å². The molecule has 1 aromatic rings. The van der Waals surface area contributed by atoms with Crippen molar-refractivity contribution in [1.82, 2.24) is 19.7 Å². The van der Waals surface area contributed by atoms with Crippen molar-refractivity contribution in [1.29, 1.82) is 0 Å². The summed E-state index contributed by atoms with van der Waals surface area (Å²) in [5.74, 6) is 0.368. The average Bonchev–Trinajstić information content (AvgIpc) is 2.89. The number of nitrogens with zero attached hydrogens (tertiary/aromatic N) is 4. The number of aromatic hydroxyl groups is 1. The van der Waals surface area contributed by atoms with Gasteiger partial charge in [0.05, 0.1) is 0 Å². The lowest BCUT2D eigenvalue weighted by Crippen LogP contribution is -2.72. The van der Waals surface area contributed by atoms with Gasteiger partial charge in [0.15, 0.2) is 5.16 Å². The molecule has 1 amide bonds. The summed E-state index contributed by atoms with van der Waals surface area (Å²) in [5.41, 5.74) is 4.34. The molecule has 0 spiro atoms. The third kappa shape index (κ3) is 3.39. The zero-order valence-corrected chi connectivity index (χ0v) is 16.8. The minimum absolute atomic E-state index is 0.0815. The molecule has 2 aliphatic rings. The van der Waals surface area contributed by atoms with Gasteiger partial charge in [-0.25, -0.2) is 0 Å². The summed E-state index contributed by atoms with van der Waals surface area (Å²) in [6, 6.07) is -0.694. The van der Waals surface area contributed by atoms with Gasteiger partial charge in [0.25, 0.3) is 0 Å².